The highest BCUT2D eigenvalue weighted by Gasteiger charge is 2.28. The standard InChI is InChI=1S/C14H21NO3/c1-13(2,3)18-11-7-5-10(6-8-11)9-14(4,15)12(16)17/h5-8H,9,15H2,1-4H3,(H,16,17)/t14-/m1/s1. The maximum Gasteiger partial charge on any atom is 0.323 e. The minimum Gasteiger partial charge on any atom is -0.488 e. The van der Waals surface area contributed by atoms with Gasteiger partial charge >= 0.3 is 5.97 Å². The van der Waals surface area contributed by atoms with Crippen LogP contribution in [-0.2, 0) is 11.2 Å². The first-order valence-electron chi connectivity index (χ1n) is 5.90. The number of carbonyl (C=O) groups is 1. The number of aliphatic carboxylic acids is 1. The van der Waals surface area contributed by atoms with Crippen molar-refractivity contribution >= 4 is 5.97 Å². The van der Waals surface area contributed by atoms with Gasteiger partial charge in [-0.05, 0) is 45.4 Å². The number of carboxylic acids is 1. The summed E-state index contributed by atoms with van der Waals surface area (Å²) in [7, 11) is 0. The van der Waals surface area contributed by atoms with Crippen LogP contribution in [0.25, 0.3) is 0 Å². The molecule has 1 rings (SSSR count). The Balaban J connectivity index is 2.75. The first-order valence-corrected chi connectivity index (χ1v) is 5.90. The summed E-state index contributed by atoms with van der Waals surface area (Å²) in [5.74, 6) is -0.238. The molecule has 100 valence electrons. The molecule has 0 aliphatic heterocycles. The van der Waals surface area contributed by atoms with Crippen molar-refractivity contribution in [2.24, 2.45) is 5.73 Å². The SMILES string of the molecule is CC(C)(C)Oc1ccc(C[C@@](C)(N)C(=O)O)cc1. The second-order valence-corrected chi connectivity index (χ2v) is 5.76. The third-order valence-corrected chi connectivity index (χ3v) is 2.41. The van der Waals surface area contributed by atoms with Gasteiger partial charge in [0.1, 0.15) is 16.9 Å². The van der Waals surface area contributed by atoms with Crippen molar-refractivity contribution in [3.05, 3.63) is 29.8 Å². The molecule has 0 aliphatic rings. The van der Waals surface area contributed by atoms with Gasteiger partial charge in [0.2, 0.25) is 0 Å². The molecule has 0 saturated heterocycles. The van der Waals surface area contributed by atoms with Gasteiger partial charge in [0, 0.05) is 6.42 Å². The van der Waals surface area contributed by atoms with Gasteiger partial charge in [-0.15, -0.1) is 0 Å². The molecule has 0 unspecified atom stereocenters. The Bertz CT molecular complexity index is 416. The molecule has 0 saturated carbocycles. The van der Waals surface area contributed by atoms with Gasteiger partial charge in [-0.2, -0.15) is 0 Å². The molecule has 1 aromatic rings. The summed E-state index contributed by atoms with van der Waals surface area (Å²) in [6.07, 6.45) is 0.290. The van der Waals surface area contributed by atoms with E-state index in [1.54, 1.807) is 0 Å². The lowest BCUT2D eigenvalue weighted by atomic mass is 9.94. The summed E-state index contributed by atoms with van der Waals surface area (Å²) in [6.45, 7) is 7.43. The number of ether oxygens (including phenoxy) is 1. The fourth-order valence-corrected chi connectivity index (χ4v) is 1.53. The minimum atomic E-state index is -1.24. The van der Waals surface area contributed by atoms with Gasteiger partial charge < -0.3 is 15.6 Å². The van der Waals surface area contributed by atoms with Crippen LogP contribution in [0.4, 0.5) is 0 Å². The molecule has 3 N–H and O–H groups in total. The normalized spacial score (nSPS) is 14.9. The summed E-state index contributed by atoms with van der Waals surface area (Å²) in [5, 5.41) is 8.96. The maximum absolute atomic E-state index is 10.9. The highest BCUT2D eigenvalue weighted by molar-refractivity contribution is 5.78. The first-order chi connectivity index (χ1) is 8.10. The summed E-state index contributed by atoms with van der Waals surface area (Å²) in [5.41, 5.74) is 5.09. The zero-order valence-electron chi connectivity index (χ0n) is 11.4. The van der Waals surface area contributed by atoms with Gasteiger partial charge in [-0.25, -0.2) is 0 Å². The van der Waals surface area contributed by atoms with Gasteiger partial charge in [-0.3, -0.25) is 4.79 Å². The Morgan fingerprint density at radius 2 is 1.72 bits per heavy atom. The lowest BCUT2D eigenvalue weighted by Gasteiger charge is -2.22. The van der Waals surface area contributed by atoms with E-state index >= 15 is 0 Å². The lowest BCUT2D eigenvalue weighted by Crippen LogP contribution is -2.46. The van der Waals surface area contributed by atoms with E-state index in [-0.39, 0.29) is 12.0 Å². The molecule has 4 heteroatoms. The van der Waals surface area contributed by atoms with E-state index in [1.165, 1.54) is 6.92 Å². The van der Waals surface area contributed by atoms with Crippen LogP contribution in [0.1, 0.15) is 33.3 Å². The molecule has 0 radical (unpaired) electrons. The third-order valence-electron chi connectivity index (χ3n) is 2.41. The van der Waals surface area contributed by atoms with Crippen LogP contribution >= 0.6 is 0 Å². The van der Waals surface area contributed by atoms with E-state index in [4.69, 9.17) is 15.6 Å². The molecule has 0 aromatic heterocycles. The van der Waals surface area contributed by atoms with Gasteiger partial charge in [-0.1, -0.05) is 12.1 Å². The van der Waals surface area contributed by atoms with Crippen molar-refractivity contribution < 1.29 is 14.6 Å². The van der Waals surface area contributed by atoms with Gasteiger partial charge in [0.15, 0.2) is 0 Å². The van der Waals surface area contributed by atoms with E-state index in [1.807, 2.05) is 45.0 Å². The van der Waals surface area contributed by atoms with E-state index in [9.17, 15) is 4.79 Å². The van der Waals surface area contributed by atoms with Crippen molar-refractivity contribution in [1.82, 2.24) is 0 Å². The van der Waals surface area contributed by atoms with Gasteiger partial charge in [0.25, 0.3) is 0 Å². The monoisotopic (exact) mass is 251 g/mol. The Kier molecular flexibility index (Phi) is 4.02. The molecule has 0 spiro atoms. The predicted molar refractivity (Wildman–Crippen MR) is 70.8 cm³/mol. The summed E-state index contributed by atoms with van der Waals surface area (Å²) >= 11 is 0. The largest absolute Gasteiger partial charge is 0.488 e. The molecule has 4 nitrogen and oxygen atoms in total. The zero-order valence-corrected chi connectivity index (χ0v) is 11.4. The summed E-state index contributed by atoms with van der Waals surface area (Å²) in [6, 6.07) is 7.35. The smallest absolute Gasteiger partial charge is 0.323 e. The number of benzene rings is 1. The van der Waals surface area contributed by atoms with Gasteiger partial charge in [0.05, 0.1) is 0 Å². The number of hydrogen-bond acceptors (Lipinski definition) is 3. The average Bonchev–Trinajstić information content (AvgIpc) is 2.18. The number of nitrogens with two attached hydrogens (primary N) is 1. The second kappa shape index (κ2) is 4.98. The molecule has 0 aliphatic carbocycles. The molecule has 0 fully saturated rings. The van der Waals surface area contributed by atoms with Crippen LogP contribution < -0.4 is 10.5 Å². The van der Waals surface area contributed by atoms with Crippen molar-refractivity contribution in [2.45, 2.75) is 45.3 Å². The van der Waals surface area contributed by atoms with Crippen LogP contribution in [0, 0.1) is 0 Å². The Morgan fingerprint density at radius 1 is 1.22 bits per heavy atom. The Labute approximate surface area is 108 Å². The highest BCUT2D eigenvalue weighted by atomic mass is 16.5. The van der Waals surface area contributed by atoms with E-state index < -0.39 is 11.5 Å². The van der Waals surface area contributed by atoms with Crippen LogP contribution in [0.3, 0.4) is 0 Å². The third kappa shape index (κ3) is 4.37. The van der Waals surface area contributed by atoms with Crippen molar-refractivity contribution in [2.75, 3.05) is 0 Å². The number of hydrogen-bond donors (Lipinski definition) is 2. The van der Waals surface area contributed by atoms with Crippen LogP contribution in [0.5, 0.6) is 5.75 Å². The summed E-state index contributed by atoms with van der Waals surface area (Å²) in [4.78, 5) is 10.9. The minimum absolute atomic E-state index is 0.245. The molecule has 1 atom stereocenters. The molecule has 0 amide bonds. The zero-order chi connectivity index (χ0) is 14.0. The molecular weight excluding hydrogens is 230 g/mol. The topological polar surface area (TPSA) is 72.5 Å². The predicted octanol–water partition coefficient (Wildman–Crippen LogP) is 2.21. The fourth-order valence-electron chi connectivity index (χ4n) is 1.53. The van der Waals surface area contributed by atoms with Crippen LogP contribution in [0.15, 0.2) is 24.3 Å². The van der Waals surface area contributed by atoms with E-state index in [0.717, 1.165) is 11.3 Å². The second-order valence-electron chi connectivity index (χ2n) is 5.76. The van der Waals surface area contributed by atoms with Crippen LogP contribution in [-0.4, -0.2) is 22.2 Å². The number of carboxylic acid groups (broad SMARTS) is 1. The fraction of sp³-hybridized carbons (Fsp3) is 0.500. The molecule has 0 heterocycles. The van der Waals surface area contributed by atoms with E-state index in [2.05, 4.69) is 0 Å². The number of rotatable bonds is 4. The summed E-state index contributed by atoms with van der Waals surface area (Å²) < 4.78 is 5.69. The van der Waals surface area contributed by atoms with Crippen LogP contribution in [0.2, 0.25) is 0 Å². The molecule has 18 heavy (non-hydrogen) atoms. The highest BCUT2D eigenvalue weighted by Crippen LogP contribution is 2.20. The quantitative estimate of drug-likeness (QED) is 0.860. The average molecular weight is 251 g/mol. The Morgan fingerprint density at radius 3 is 2.11 bits per heavy atom. The van der Waals surface area contributed by atoms with Crippen molar-refractivity contribution in [3.63, 3.8) is 0 Å². The Hall–Kier alpha value is -1.55. The van der Waals surface area contributed by atoms with Crippen molar-refractivity contribution in [3.8, 4) is 5.75 Å². The molecular formula is C14H21NO3. The van der Waals surface area contributed by atoms with Crippen molar-refractivity contribution in [1.29, 1.82) is 0 Å². The molecule has 1 aromatic carbocycles. The maximum atomic E-state index is 10.9. The lowest BCUT2D eigenvalue weighted by molar-refractivity contribution is -0.142. The first kappa shape index (κ1) is 14.5. The molecule has 0 bridgehead atoms. The van der Waals surface area contributed by atoms with E-state index in [0.29, 0.717) is 0 Å².